The molecule has 4 N–H and O–H groups in total. The second-order valence-corrected chi connectivity index (χ2v) is 12.1. The second-order valence-electron chi connectivity index (χ2n) is 12.1. The van der Waals surface area contributed by atoms with Gasteiger partial charge in [0.05, 0.1) is 13.1 Å². The Morgan fingerprint density at radius 3 is 2.12 bits per heavy atom. The van der Waals surface area contributed by atoms with Crippen molar-refractivity contribution in [3.05, 3.63) is 101 Å². The van der Waals surface area contributed by atoms with E-state index in [1.807, 2.05) is 84.0 Å². The molecule has 0 aliphatic carbocycles. The molecule has 0 radical (unpaired) electrons. The van der Waals surface area contributed by atoms with E-state index in [9.17, 15) is 19.2 Å². The first-order chi connectivity index (χ1) is 23.2. The third-order valence-corrected chi connectivity index (χ3v) is 8.04. The maximum atomic E-state index is 13.8. The maximum Gasteiger partial charge on any atom is 0.274 e. The van der Waals surface area contributed by atoms with Crippen LogP contribution in [-0.4, -0.2) is 79.7 Å². The average Bonchev–Trinajstić information content (AvgIpc) is 3.74. The largest absolute Gasteiger partial charge is 0.359 e. The van der Waals surface area contributed by atoms with Gasteiger partial charge < -0.3 is 30.4 Å². The molecule has 2 bridgehead atoms. The zero-order chi connectivity index (χ0) is 34.0. The zero-order valence-electron chi connectivity index (χ0n) is 27.3. The van der Waals surface area contributed by atoms with E-state index in [-0.39, 0.29) is 43.6 Å². The summed E-state index contributed by atoms with van der Waals surface area (Å²) in [5.74, 6) is -0.940. The number of hydrogen-bond donors (Lipinski definition) is 4. The molecule has 48 heavy (non-hydrogen) atoms. The molecule has 0 fully saturated rings. The van der Waals surface area contributed by atoms with Crippen LogP contribution in [-0.2, 0) is 40.3 Å². The van der Waals surface area contributed by atoms with E-state index in [4.69, 9.17) is 4.52 Å². The van der Waals surface area contributed by atoms with Crippen molar-refractivity contribution in [2.75, 3.05) is 13.1 Å². The highest BCUT2D eigenvalue weighted by Gasteiger charge is 2.30. The standard InChI is InChI=1S/C34H41N9O5/c1-22(2)43-21-36-40-30(43)20-42-15-14-35-32(45)27(16-24-10-6-4-7-11-24)39-33(46)28(17-25-12-8-5-9-13-25)38-31(44)23(3)37-34(47)29-18-26(19-42)48-41-29/h4-13,18,21-23,27-28H,14-17,19-20H2,1-3H3,(H,35,45)(H,37,47)(H,38,44)(H,39,46)/t23-,27+,28-/m0/s1. The van der Waals surface area contributed by atoms with Crippen LogP contribution in [0.5, 0.6) is 0 Å². The molecule has 2 aromatic heterocycles. The van der Waals surface area contributed by atoms with E-state index in [1.165, 1.54) is 13.0 Å². The van der Waals surface area contributed by atoms with Gasteiger partial charge in [-0.05, 0) is 31.9 Å². The summed E-state index contributed by atoms with van der Waals surface area (Å²) >= 11 is 0. The Morgan fingerprint density at radius 1 is 0.854 bits per heavy atom. The highest BCUT2D eigenvalue weighted by Crippen LogP contribution is 2.14. The van der Waals surface area contributed by atoms with Crippen molar-refractivity contribution in [1.29, 1.82) is 0 Å². The summed E-state index contributed by atoms with van der Waals surface area (Å²) in [5, 5.41) is 23.5. The van der Waals surface area contributed by atoms with Crippen molar-refractivity contribution < 1.29 is 23.7 Å². The van der Waals surface area contributed by atoms with Crippen LogP contribution in [0.25, 0.3) is 0 Å². The van der Waals surface area contributed by atoms with Crippen molar-refractivity contribution in [2.24, 2.45) is 0 Å². The minimum atomic E-state index is -1.03. The lowest BCUT2D eigenvalue weighted by Crippen LogP contribution is -2.57. The van der Waals surface area contributed by atoms with Gasteiger partial charge in [-0.3, -0.25) is 24.1 Å². The second kappa shape index (κ2) is 16.0. The Bertz CT molecular complexity index is 1690. The van der Waals surface area contributed by atoms with Gasteiger partial charge in [0.2, 0.25) is 17.7 Å². The van der Waals surface area contributed by atoms with E-state index in [2.05, 4.69) is 36.6 Å². The van der Waals surface area contributed by atoms with Crippen LogP contribution < -0.4 is 21.3 Å². The molecule has 1 aliphatic heterocycles. The quantitative estimate of drug-likeness (QED) is 0.230. The predicted molar refractivity (Wildman–Crippen MR) is 175 cm³/mol. The molecule has 252 valence electrons. The molecule has 14 heteroatoms. The summed E-state index contributed by atoms with van der Waals surface area (Å²) in [6.07, 6.45) is 2.07. The van der Waals surface area contributed by atoms with E-state index >= 15 is 0 Å². The molecule has 3 atom stereocenters. The molecule has 14 nitrogen and oxygen atoms in total. The molecule has 5 rings (SSSR count). The van der Waals surface area contributed by atoms with Gasteiger partial charge in [-0.25, -0.2) is 0 Å². The Kier molecular flexibility index (Phi) is 11.3. The number of rotatable bonds is 7. The molecule has 0 spiro atoms. The van der Waals surface area contributed by atoms with Crippen LogP contribution in [0.4, 0.5) is 0 Å². The lowest BCUT2D eigenvalue weighted by molar-refractivity contribution is -0.132. The Morgan fingerprint density at radius 2 is 1.48 bits per heavy atom. The lowest BCUT2D eigenvalue weighted by atomic mass is 10.0. The van der Waals surface area contributed by atoms with Crippen molar-refractivity contribution in [3.63, 3.8) is 0 Å². The molecule has 4 amide bonds. The smallest absolute Gasteiger partial charge is 0.274 e. The van der Waals surface area contributed by atoms with Crippen LogP contribution in [0.3, 0.4) is 0 Å². The first kappa shape index (κ1) is 34.0. The number of carbonyl (C=O) groups is 4. The average molecular weight is 656 g/mol. The minimum absolute atomic E-state index is 0.00620. The van der Waals surface area contributed by atoms with Crippen molar-refractivity contribution in [2.45, 2.75) is 70.9 Å². The fourth-order valence-electron chi connectivity index (χ4n) is 5.42. The lowest BCUT2D eigenvalue weighted by Gasteiger charge is -2.25. The SMILES string of the molecule is CC(C)n1cnnc1CN1CCNC(=O)[C@@H](Cc2ccccc2)NC(=O)[C@H](Cc2ccccc2)NC(=O)[C@H](C)NC(=O)c2cc(on2)C1. The topological polar surface area (TPSA) is 176 Å². The number of carbonyl (C=O) groups excluding carboxylic acids is 4. The summed E-state index contributed by atoms with van der Waals surface area (Å²) in [4.78, 5) is 55.9. The van der Waals surface area contributed by atoms with Crippen molar-refractivity contribution in [1.82, 2.24) is 46.1 Å². The number of amides is 4. The summed E-state index contributed by atoms with van der Waals surface area (Å²) in [7, 11) is 0. The summed E-state index contributed by atoms with van der Waals surface area (Å²) in [6.45, 7) is 6.82. The third kappa shape index (κ3) is 9.12. The van der Waals surface area contributed by atoms with Gasteiger partial charge in [0.25, 0.3) is 5.91 Å². The van der Waals surface area contributed by atoms with Crippen LogP contribution in [0.1, 0.15) is 60.0 Å². The van der Waals surface area contributed by atoms with Gasteiger partial charge in [0.15, 0.2) is 11.5 Å². The highest BCUT2D eigenvalue weighted by atomic mass is 16.5. The van der Waals surface area contributed by atoms with E-state index < -0.39 is 35.8 Å². The number of benzene rings is 2. The van der Waals surface area contributed by atoms with Gasteiger partial charge >= 0.3 is 0 Å². The van der Waals surface area contributed by atoms with Gasteiger partial charge in [-0.1, -0.05) is 65.8 Å². The third-order valence-electron chi connectivity index (χ3n) is 8.04. The minimum Gasteiger partial charge on any atom is -0.359 e. The van der Waals surface area contributed by atoms with Crippen LogP contribution in [0, 0.1) is 0 Å². The number of nitrogens with one attached hydrogen (secondary N) is 4. The molecule has 1 aliphatic rings. The Hall–Kier alpha value is -5.37. The van der Waals surface area contributed by atoms with E-state index in [0.717, 1.165) is 17.0 Å². The molecule has 0 saturated heterocycles. The highest BCUT2D eigenvalue weighted by molar-refractivity contribution is 5.97. The van der Waals surface area contributed by atoms with Gasteiger partial charge in [0.1, 0.15) is 30.3 Å². The van der Waals surface area contributed by atoms with Gasteiger partial charge in [-0.2, -0.15) is 0 Å². The number of hydrogen-bond acceptors (Lipinski definition) is 9. The molecule has 2 aromatic carbocycles. The normalized spacial score (nSPS) is 20.3. The number of aromatic nitrogens is 4. The molecule has 4 aromatic rings. The van der Waals surface area contributed by atoms with Crippen LogP contribution >= 0.6 is 0 Å². The zero-order valence-corrected chi connectivity index (χ0v) is 27.3. The fourth-order valence-corrected chi connectivity index (χ4v) is 5.42. The maximum absolute atomic E-state index is 13.8. The van der Waals surface area contributed by atoms with E-state index in [0.29, 0.717) is 18.8 Å². The van der Waals surface area contributed by atoms with Crippen molar-refractivity contribution >= 4 is 23.6 Å². The summed E-state index contributed by atoms with van der Waals surface area (Å²) in [6, 6.07) is 17.3. The van der Waals surface area contributed by atoms with Gasteiger partial charge in [-0.15, -0.1) is 10.2 Å². The monoisotopic (exact) mass is 655 g/mol. The first-order valence-corrected chi connectivity index (χ1v) is 16.0. The summed E-state index contributed by atoms with van der Waals surface area (Å²) < 4.78 is 7.46. The van der Waals surface area contributed by atoms with Gasteiger partial charge in [0, 0.05) is 38.0 Å². The molecular weight excluding hydrogens is 614 g/mol. The molecule has 0 saturated carbocycles. The first-order valence-electron chi connectivity index (χ1n) is 16.0. The fraction of sp³-hybridized carbons (Fsp3) is 0.382. The van der Waals surface area contributed by atoms with Crippen LogP contribution in [0.2, 0.25) is 0 Å². The Labute approximate surface area is 278 Å². The Balaban J connectivity index is 1.43. The molecule has 0 unspecified atom stereocenters. The molecular formula is C34H41N9O5. The van der Waals surface area contributed by atoms with Crippen molar-refractivity contribution in [3.8, 4) is 0 Å². The predicted octanol–water partition coefficient (Wildman–Crippen LogP) is 1.55. The van der Waals surface area contributed by atoms with Crippen LogP contribution in [0.15, 0.2) is 77.6 Å². The molecule has 3 heterocycles. The van der Waals surface area contributed by atoms with E-state index in [1.54, 1.807) is 6.33 Å². The number of fused-ring (bicyclic) bond motifs is 2. The number of nitrogens with zero attached hydrogens (tertiary/aromatic N) is 5. The summed E-state index contributed by atoms with van der Waals surface area (Å²) in [5.41, 5.74) is 1.67.